The van der Waals surface area contributed by atoms with Crippen LogP contribution in [0.5, 0.6) is 5.75 Å². The highest BCUT2D eigenvalue weighted by Gasteiger charge is 2.54. The lowest BCUT2D eigenvalue weighted by molar-refractivity contribution is 0.0999. The van der Waals surface area contributed by atoms with E-state index in [0.29, 0.717) is 16.9 Å². The summed E-state index contributed by atoms with van der Waals surface area (Å²) in [6.07, 6.45) is 1.27. The van der Waals surface area contributed by atoms with Crippen LogP contribution in [0.15, 0.2) is 47.2 Å². The second-order valence-corrected chi connectivity index (χ2v) is 8.02. The Morgan fingerprint density at radius 1 is 1.25 bits per heavy atom. The van der Waals surface area contributed by atoms with Crippen molar-refractivity contribution in [3.63, 3.8) is 0 Å². The molecule has 0 saturated heterocycles. The molecule has 1 aliphatic heterocycles. The van der Waals surface area contributed by atoms with E-state index in [4.69, 9.17) is 15.2 Å². The average molecular weight is 431 g/mol. The summed E-state index contributed by atoms with van der Waals surface area (Å²) in [5.74, 6) is -0.509. The number of nitriles is 3. The number of carbonyl (C=O) groups is 1. The van der Waals surface area contributed by atoms with Crippen LogP contribution in [0, 0.1) is 45.3 Å². The molecule has 0 spiro atoms. The highest BCUT2D eigenvalue weighted by molar-refractivity contribution is 5.69. The van der Waals surface area contributed by atoms with Gasteiger partial charge in [-0.1, -0.05) is 18.2 Å². The van der Waals surface area contributed by atoms with Crippen molar-refractivity contribution < 1.29 is 14.3 Å². The third-order valence-electron chi connectivity index (χ3n) is 5.80. The minimum atomic E-state index is -1.76. The number of benzene rings is 1. The van der Waals surface area contributed by atoms with Crippen molar-refractivity contribution in [2.24, 2.45) is 17.1 Å². The van der Waals surface area contributed by atoms with Crippen molar-refractivity contribution >= 4 is 6.09 Å². The zero-order chi connectivity index (χ0) is 23.5. The molecule has 0 saturated carbocycles. The molecule has 0 fully saturated rings. The van der Waals surface area contributed by atoms with Crippen LogP contribution in [0.3, 0.4) is 0 Å². The van der Waals surface area contributed by atoms with Gasteiger partial charge in [0.25, 0.3) is 0 Å². The largest absolute Gasteiger partial charge is 0.491 e. The minimum absolute atomic E-state index is 0.00406. The van der Waals surface area contributed by atoms with Crippen LogP contribution >= 0.6 is 0 Å². The Balaban J connectivity index is 2.17. The fraction of sp³-hybridized carbons (Fsp3) is 0.417. The summed E-state index contributed by atoms with van der Waals surface area (Å²) in [6.45, 7) is 6.24. The molecule has 2 N–H and O–H groups in total. The fourth-order valence-electron chi connectivity index (χ4n) is 4.45. The summed E-state index contributed by atoms with van der Waals surface area (Å²) in [5, 5.41) is 30.1. The van der Waals surface area contributed by atoms with Gasteiger partial charge in [0.1, 0.15) is 11.8 Å². The Morgan fingerprint density at radius 3 is 2.44 bits per heavy atom. The number of hydrogen-bond donors (Lipinski definition) is 1. The van der Waals surface area contributed by atoms with Crippen molar-refractivity contribution in [1.29, 1.82) is 15.8 Å². The number of ether oxygens (including phenoxy) is 2. The molecule has 3 rings (SSSR count). The summed E-state index contributed by atoms with van der Waals surface area (Å²) in [5.41, 5.74) is 5.98. The van der Waals surface area contributed by atoms with Crippen LogP contribution in [0.1, 0.15) is 32.3 Å². The molecule has 0 radical (unpaired) electrons. The second kappa shape index (κ2) is 9.04. The molecular weight excluding hydrogens is 406 g/mol. The van der Waals surface area contributed by atoms with E-state index in [1.165, 1.54) is 4.90 Å². The van der Waals surface area contributed by atoms with Crippen LogP contribution in [-0.4, -0.2) is 36.8 Å². The van der Waals surface area contributed by atoms with Crippen LogP contribution in [0.4, 0.5) is 4.79 Å². The Bertz CT molecular complexity index is 1070. The van der Waals surface area contributed by atoms with Gasteiger partial charge in [0.05, 0.1) is 36.1 Å². The quantitative estimate of drug-likeness (QED) is 0.772. The van der Waals surface area contributed by atoms with Crippen LogP contribution in [0.2, 0.25) is 0 Å². The summed E-state index contributed by atoms with van der Waals surface area (Å²) in [6, 6.07) is 13.4. The van der Waals surface area contributed by atoms with Gasteiger partial charge in [-0.2, -0.15) is 15.8 Å². The van der Waals surface area contributed by atoms with E-state index in [-0.39, 0.29) is 37.1 Å². The smallest absolute Gasteiger partial charge is 0.410 e. The lowest BCUT2D eigenvalue weighted by atomic mass is 9.58. The van der Waals surface area contributed by atoms with Gasteiger partial charge in [-0.15, -0.1) is 0 Å². The molecule has 1 amide bonds. The molecule has 1 aromatic rings. The number of allylic oxidation sites excluding steroid dienone is 2. The number of nitrogens with zero attached hydrogens (tertiary/aromatic N) is 4. The SMILES string of the molecule is CCOC(=O)N1CC=C2C(C#N)=C(N)C(C#N)(C#N)[C@H](c3ccc(OC(C)C)cc3)[C@H]2C1. The van der Waals surface area contributed by atoms with E-state index in [1.807, 2.05) is 13.8 Å². The highest BCUT2D eigenvalue weighted by Crippen LogP contribution is 2.54. The molecule has 1 aliphatic carbocycles. The van der Waals surface area contributed by atoms with Gasteiger partial charge >= 0.3 is 6.09 Å². The van der Waals surface area contributed by atoms with E-state index in [9.17, 15) is 20.6 Å². The first-order chi connectivity index (χ1) is 15.3. The highest BCUT2D eigenvalue weighted by atomic mass is 16.6. The molecule has 0 unspecified atom stereocenters. The molecule has 0 bridgehead atoms. The van der Waals surface area contributed by atoms with Crippen molar-refractivity contribution in [3.05, 3.63) is 52.7 Å². The number of hydrogen-bond acceptors (Lipinski definition) is 7. The van der Waals surface area contributed by atoms with Crippen molar-refractivity contribution in [2.75, 3.05) is 19.7 Å². The maximum absolute atomic E-state index is 12.4. The zero-order valence-corrected chi connectivity index (χ0v) is 18.3. The van der Waals surface area contributed by atoms with Crippen LogP contribution in [0.25, 0.3) is 0 Å². The van der Waals surface area contributed by atoms with E-state index < -0.39 is 23.3 Å². The third kappa shape index (κ3) is 3.74. The summed E-state index contributed by atoms with van der Waals surface area (Å²) >= 11 is 0. The molecule has 2 atom stereocenters. The van der Waals surface area contributed by atoms with E-state index in [1.54, 1.807) is 37.3 Å². The first kappa shape index (κ1) is 22.7. The van der Waals surface area contributed by atoms with Crippen molar-refractivity contribution in [2.45, 2.75) is 32.8 Å². The van der Waals surface area contributed by atoms with Crippen molar-refractivity contribution in [3.8, 4) is 24.0 Å². The van der Waals surface area contributed by atoms with E-state index in [0.717, 1.165) is 0 Å². The Morgan fingerprint density at radius 2 is 1.91 bits per heavy atom. The fourth-order valence-corrected chi connectivity index (χ4v) is 4.45. The number of carbonyl (C=O) groups excluding carboxylic acids is 1. The average Bonchev–Trinajstić information content (AvgIpc) is 2.78. The van der Waals surface area contributed by atoms with Gasteiger partial charge in [0.15, 0.2) is 5.41 Å². The predicted octanol–water partition coefficient (Wildman–Crippen LogP) is 3.36. The molecule has 0 aromatic heterocycles. The zero-order valence-electron chi connectivity index (χ0n) is 18.3. The first-order valence-electron chi connectivity index (χ1n) is 10.4. The topological polar surface area (TPSA) is 136 Å². The summed E-state index contributed by atoms with van der Waals surface area (Å²) < 4.78 is 10.9. The van der Waals surface area contributed by atoms with Gasteiger partial charge in [-0.3, -0.25) is 0 Å². The molecule has 1 aromatic carbocycles. The summed E-state index contributed by atoms with van der Waals surface area (Å²) in [7, 11) is 0. The van der Waals surface area contributed by atoms with E-state index >= 15 is 0 Å². The van der Waals surface area contributed by atoms with Gasteiger partial charge in [0, 0.05) is 24.9 Å². The van der Waals surface area contributed by atoms with Crippen LogP contribution < -0.4 is 10.5 Å². The Labute approximate surface area is 187 Å². The molecule has 8 heteroatoms. The maximum Gasteiger partial charge on any atom is 0.410 e. The standard InChI is InChI=1S/C24H25N5O3/c1-4-31-23(30)29-10-9-18-19(11-25)22(28)24(13-26,14-27)21(20(18)12-29)16-5-7-17(8-6-16)32-15(2)3/h5-9,15,20-21H,4,10,12,28H2,1-3H3/t20-,21+/m0/s1. The Kier molecular flexibility index (Phi) is 6.42. The Hall–Kier alpha value is -3.96. The lowest BCUT2D eigenvalue weighted by Gasteiger charge is -2.45. The van der Waals surface area contributed by atoms with Gasteiger partial charge in [0.2, 0.25) is 0 Å². The number of rotatable bonds is 4. The predicted molar refractivity (Wildman–Crippen MR) is 116 cm³/mol. The molecular formula is C24H25N5O3. The third-order valence-corrected chi connectivity index (χ3v) is 5.80. The maximum atomic E-state index is 12.4. The number of nitrogens with two attached hydrogens (primary N) is 1. The number of fused-ring (bicyclic) bond motifs is 1. The molecule has 2 aliphatic rings. The van der Waals surface area contributed by atoms with Crippen molar-refractivity contribution in [1.82, 2.24) is 4.90 Å². The molecule has 1 heterocycles. The van der Waals surface area contributed by atoms with Gasteiger partial charge in [-0.25, -0.2) is 4.79 Å². The first-order valence-corrected chi connectivity index (χ1v) is 10.4. The normalized spacial score (nSPS) is 21.5. The minimum Gasteiger partial charge on any atom is -0.491 e. The molecule has 164 valence electrons. The van der Waals surface area contributed by atoms with Gasteiger partial charge in [-0.05, 0) is 44.0 Å². The van der Waals surface area contributed by atoms with Crippen LogP contribution in [-0.2, 0) is 4.74 Å². The second-order valence-electron chi connectivity index (χ2n) is 8.02. The van der Waals surface area contributed by atoms with E-state index in [2.05, 4.69) is 18.2 Å². The number of amides is 1. The molecule has 8 nitrogen and oxygen atoms in total. The molecule has 32 heavy (non-hydrogen) atoms. The summed E-state index contributed by atoms with van der Waals surface area (Å²) in [4.78, 5) is 13.9. The monoisotopic (exact) mass is 431 g/mol. The lowest BCUT2D eigenvalue weighted by Crippen LogP contribution is -2.49. The van der Waals surface area contributed by atoms with Gasteiger partial charge < -0.3 is 20.1 Å².